The Balaban J connectivity index is 1.55. The smallest absolute Gasteiger partial charge is 0.252 e. The molecule has 8 heteroatoms. The zero-order chi connectivity index (χ0) is 20.2. The van der Waals surface area contributed by atoms with Gasteiger partial charge in [0.2, 0.25) is 0 Å². The monoisotopic (exact) mass is 397 g/mol. The molecule has 0 saturated heterocycles. The van der Waals surface area contributed by atoms with Crippen LogP contribution >= 0.6 is 0 Å². The molecule has 1 aliphatic rings. The Morgan fingerprint density at radius 3 is 2.76 bits per heavy atom. The van der Waals surface area contributed by atoms with Crippen molar-refractivity contribution in [2.75, 3.05) is 25.6 Å². The maximum atomic E-state index is 12.5. The minimum absolute atomic E-state index is 0.0474. The number of aromatic nitrogens is 4. The third-order valence-electron chi connectivity index (χ3n) is 5.52. The molecule has 0 aromatic carbocycles. The highest BCUT2D eigenvalue weighted by molar-refractivity contribution is 5.88. The van der Waals surface area contributed by atoms with Gasteiger partial charge in [-0.15, -0.1) is 0 Å². The SMILES string of the molecule is COCCOC1CCC(Nc2cc(=O)n(C)c3ccc(-n4ccnc4)nc23)CC1. The van der Waals surface area contributed by atoms with Crippen molar-refractivity contribution >= 4 is 16.7 Å². The van der Waals surface area contributed by atoms with Crippen molar-refractivity contribution in [1.82, 2.24) is 19.1 Å². The standard InChI is InChI=1S/C21H27N5O3/c1-25-18-7-8-19(26-10-9-22-14-26)24-21(18)17(13-20(25)27)23-15-3-5-16(6-4-15)29-12-11-28-2/h7-10,13-16,23H,3-6,11-12H2,1-2H3. The highest BCUT2D eigenvalue weighted by Gasteiger charge is 2.22. The molecule has 4 rings (SSSR count). The lowest BCUT2D eigenvalue weighted by Gasteiger charge is -2.30. The predicted octanol–water partition coefficient (Wildman–Crippen LogP) is 2.51. The number of ether oxygens (including phenoxy) is 2. The molecule has 3 aromatic rings. The first-order valence-electron chi connectivity index (χ1n) is 10.0. The Hall–Kier alpha value is -2.71. The summed E-state index contributed by atoms with van der Waals surface area (Å²) in [5.41, 5.74) is 2.33. The second-order valence-electron chi connectivity index (χ2n) is 7.44. The van der Waals surface area contributed by atoms with E-state index in [9.17, 15) is 4.79 Å². The van der Waals surface area contributed by atoms with Crippen LogP contribution in [0.4, 0.5) is 5.69 Å². The molecule has 1 N–H and O–H groups in total. The van der Waals surface area contributed by atoms with Crippen molar-refractivity contribution in [3.63, 3.8) is 0 Å². The van der Waals surface area contributed by atoms with Gasteiger partial charge in [0.15, 0.2) is 0 Å². The molecule has 0 atom stereocenters. The number of hydrogen-bond acceptors (Lipinski definition) is 6. The summed E-state index contributed by atoms with van der Waals surface area (Å²) in [6.45, 7) is 1.27. The number of fused-ring (bicyclic) bond motifs is 1. The fourth-order valence-electron chi connectivity index (χ4n) is 3.86. The van der Waals surface area contributed by atoms with Crippen LogP contribution < -0.4 is 10.9 Å². The first kappa shape index (κ1) is 19.6. The second-order valence-corrected chi connectivity index (χ2v) is 7.44. The molecule has 29 heavy (non-hydrogen) atoms. The zero-order valence-corrected chi connectivity index (χ0v) is 16.9. The lowest BCUT2D eigenvalue weighted by Crippen LogP contribution is -2.31. The number of nitrogens with one attached hydrogen (secondary N) is 1. The number of rotatable bonds is 7. The van der Waals surface area contributed by atoms with Crippen LogP contribution in [-0.2, 0) is 16.5 Å². The summed E-state index contributed by atoms with van der Waals surface area (Å²) >= 11 is 0. The summed E-state index contributed by atoms with van der Waals surface area (Å²) in [6.07, 6.45) is 9.57. The molecule has 1 saturated carbocycles. The summed E-state index contributed by atoms with van der Waals surface area (Å²) in [6, 6.07) is 5.78. The predicted molar refractivity (Wildman–Crippen MR) is 112 cm³/mol. The van der Waals surface area contributed by atoms with E-state index in [4.69, 9.17) is 14.5 Å². The number of imidazole rings is 1. The molecule has 0 spiro atoms. The van der Waals surface area contributed by atoms with Crippen molar-refractivity contribution < 1.29 is 9.47 Å². The number of nitrogens with zero attached hydrogens (tertiary/aromatic N) is 4. The third kappa shape index (κ3) is 4.33. The van der Waals surface area contributed by atoms with Gasteiger partial charge in [-0.05, 0) is 37.8 Å². The van der Waals surface area contributed by atoms with E-state index in [1.165, 1.54) is 0 Å². The van der Waals surface area contributed by atoms with Gasteiger partial charge < -0.3 is 19.4 Å². The van der Waals surface area contributed by atoms with Gasteiger partial charge in [0.25, 0.3) is 5.56 Å². The van der Waals surface area contributed by atoms with Crippen molar-refractivity contribution in [3.8, 4) is 5.82 Å². The van der Waals surface area contributed by atoms with Crippen LogP contribution in [0.3, 0.4) is 0 Å². The Labute approximate surface area is 169 Å². The van der Waals surface area contributed by atoms with E-state index in [0.29, 0.717) is 19.3 Å². The van der Waals surface area contributed by atoms with Crippen molar-refractivity contribution in [1.29, 1.82) is 0 Å². The lowest BCUT2D eigenvalue weighted by atomic mass is 9.92. The summed E-state index contributed by atoms with van der Waals surface area (Å²) in [7, 11) is 3.46. The van der Waals surface area contributed by atoms with E-state index in [2.05, 4.69) is 10.3 Å². The Bertz CT molecular complexity index is 1010. The molecule has 3 aromatic heterocycles. The van der Waals surface area contributed by atoms with E-state index < -0.39 is 0 Å². The molecule has 1 aliphatic carbocycles. The largest absolute Gasteiger partial charge is 0.382 e. The van der Waals surface area contributed by atoms with E-state index >= 15 is 0 Å². The molecular formula is C21H27N5O3. The van der Waals surface area contributed by atoms with Gasteiger partial charge in [-0.25, -0.2) is 9.97 Å². The number of aryl methyl sites for hydroxylation is 1. The average Bonchev–Trinajstić information content (AvgIpc) is 3.28. The normalized spacial score (nSPS) is 19.5. The highest BCUT2D eigenvalue weighted by Crippen LogP contribution is 2.27. The molecule has 0 unspecified atom stereocenters. The van der Waals surface area contributed by atoms with Crippen molar-refractivity contribution in [3.05, 3.63) is 47.3 Å². The van der Waals surface area contributed by atoms with Crippen LogP contribution in [0.1, 0.15) is 25.7 Å². The Kier molecular flexibility index (Phi) is 5.92. The van der Waals surface area contributed by atoms with Crippen LogP contribution in [0.2, 0.25) is 0 Å². The van der Waals surface area contributed by atoms with Crippen LogP contribution in [-0.4, -0.2) is 51.6 Å². The molecule has 1 fully saturated rings. The van der Waals surface area contributed by atoms with Crippen LogP contribution in [0.25, 0.3) is 16.9 Å². The quantitative estimate of drug-likeness (QED) is 0.617. The van der Waals surface area contributed by atoms with Gasteiger partial charge in [0.05, 0.1) is 30.5 Å². The molecule has 0 amide bonds. The van der Waals surface area contributed by atoms with Gasteiger partial charge in [-0.1, -0.05) is 0 Å². The fourth-order valence-corrected chi connectivity index (χ4v) is 3.86. The van der Waals surface area contributed by atoms with Gasteiger partial charge >= 0.3 is 0 Å². The van der Waals surface area contributed by atoms with Crippen LogP contribution in [0.15, 0.2) is 41.7 Å². The zero-order valence-electron chi connectivity index (χ0n) is 16.9. The number of hydrogen-bond donors (Lipinski definition) is 1. The first-order valence-corrected chi connectivity index (χ1v) is 10.0. The van der Waals surface area contributed by atoms with Crippen molar-refractivity contribution in [2.45, 2.75) is 37.8 Å². The highest BCUT2D eigenvalue weighted by atomic mass is 16.5. The van der Waals surface area contributed by atoms with Crippen molar-refractivity contribution in [2.24, 2.45) is 7.05 Å². The van der Waals surface area contributed by atoms with Crippen LogP contribution in [0.5, 0.6) is 0 Å². The second kappa shape index (κ2) is 8.75. The molecular weight excluding hydrogens is 370 g/mol. The molecule has 154 valence electrons. The number of pyridine rings is 2. The lowest BCUT2D eigenvalue weighted by molar-refractivity contribution is -0.00154. The molecule has 0 bridgehead atoms. The van der Waals surface area contributed by atoms with E-state index in [1.807, 2.05) is 22.9 Å². The topological polar surface area (TPSA) is 83.2 Å². The number of anilines is 1. The van der Waals surface area contributed by atoms with Gasteiger partial charge in [-0.2, -0.15) is 0 Å². The van der Waals surface area contributed by atoms with Gasteiger partial charge in [-0.3, -0.25) is 9.36 Å². The number of methoxy groups -OCH3 is 1. The van der Waals surface area contributed by atoms with E-state index in [1.54, 1.807) is 37.3 Å². The first-order chi connectivity index (χ1) is 14.2. The summed E-state index contributed by atoms with van der Waals surface area (Å²) < 4.78 is 14.4. The maximum absolute atomic E-state index is 12.5. The van der Waals surface area contributed by atoms with Crippen LogP contribution in [0, 0.1) is 0 Å². The minimum Gasteiger partial charge on any atom is -0.382 e. The van der Waals surface area contributed by atoms with E-state index in [-0.39, 0.29) is 11.7 Å². The molecule has 8 nitrogen and oxygen atoms in total. The summed E-state index contributed by atoms with van der Waals surface area (Å²) in [4.78, 5) is 21.4. The maximum Gasteiger partial charge on any atom is 0.252 e. The summed E-state index contributed by atoms with van der Waals surface area (Å²) in [5, 5.41) is 3.57. The molecule has 3 heterocycles. The molecule has 0 aliphatic heterocycles. The summed E-state index contributed by atoms with van der Waals surface area (Å²) in [5.74, 6) is 0.770. The third-order valence-corrected chi connectivity index (χ3v) is 5.52. The van der Waals surface area contributed by atoms with E-state index in [0.717, 1.165) is 48.2 Å². The fraction of sp³-hybridized carbons (Fsp3) is 0.476. The Morgan fingerprint density at radius 2 is 2.03 bits per heavy atom. The molecule has 0 radical (unpaired) electrons. The van der Waals surface area contributed by atoms with Gasteiger partial charge in [0.1, 0.15) is 17.7 Å². The Morgan fingerprint density at radius 1 is 1.21 bits per heavy atom. The van der Waals surface area contributed by atoms with Gasteiger partial charge in [0, 0.05) is 38.7 Å². The average molecular weight is 397 g/mol. The minimum atomic E-state index is -0.0474.